The maximum absolute atomic E-state index is 6.56. The third-order valence-corrected chi connectivity index (χ3v) is 10.6. The minimum absolute atomic E-state index is 0.260. The van der Waals surface area contributed by atoms with Gasteiger partial charge < -0.3 is 14.2 Å². The fourth-order valence-electron chi connectivity index (χ4n) is 5.38. The first kappa shape index (κ1) is 25.7. The number of ether oxygens (including phenoxy) is 3. The lowest BCUT2D eigenvalue weighted by molar-refractivity contribution is -0.125. The molecule has 3 aliphatic rings. The van der Waals surface area contributed by atoms with Gasteiger partial charge in [-0.15, -0.1) is 0 Å². The van der Waals surface area contributed by atoms with E-state index in [0.717, 1.165) is 39.2 Å². The van der Waals surface area contributed by atoms with Crippen LogP contribution in [0.15, 0.2) is 0 Å². The second-order valence-electron chi connectivity index (χ2n) is 10.4. The fraction of sp³-hybridized carbons (Fsp3) is 1.00. The summed E-state index contributed by atoms with van der Waals surface area (Å²) in [5, 5.41) is 0. The van der Waals surface area contributed by atoms with Crippen molar-refractivity contribution in [2.75, 3.05) is 39.0 Å². The molecule has 0 aliphatic carbocycles. The van der Waals surface area contributed by atoms with Crippen molar-refractivity contribution in [2.45, 2.75) is 116 Å². The summed E-state index contributed by atoms with van der Waals surface area (Å²) in [7, 11) is 0. The predicted molar refractivity (Wildman–Crippen MR) is 132 cm³/mol. The summed E-state index contributed by atoms with van der Waals surface area (Å²) in [6.07, 6.45) is 4.67. The zero-order valence-electron chi connectivity index (χ0n) is 21.5. The Morgan fingerprint density at radius 3 is 2.23 bits per heavy atom. The summed E-state index contributed by atoms with van der Waals surface area (Å²) in [4.78, 5) is 5.28. The van der Waals surface area contributed by atoms with Crippen molar-refractivity contribution in [1.82, 2.24) is 14.1 Å². The largest absolute Gasteiger partial charge is 0.375 e. The van der Waals surface area contributed by atoms with Gasteiger partial charge in [0.1, 0.15) is 5.44 Å². The van der Waals surface area contributed by atoms with E-state index in [1.807, 2.05) is 0 Å². The summed E-state index contributed by atoms with van der Waals surface area (Å²) in [5.74, 6) is 0. The minimum atomic E-state index is -0.359. The molecule has 6 nitrogen and oxygen atoms in total. The molecule has 0 spiro atoms. The number of morpholine rings is 3. The van der Waals surface area contributed by atoms with Gasteiger partial charge in [0.25, 0.3) is 0 Å². The molecule has 3 saturated heterocycles. The molecule has 3 rings (SSSR count). The van der Waals surface area contributed by atoms with Gasteiger partial charge in [-0.3, -0.25) is 14.1 Å². The van der Waals surface area contributed by atoms with E-state index in [4.69, 9.17) is 14.2 Å². The van der Waals surface area contributed by atoms with Crippen LogP contribution in [0.3, 0.4) is 0 Å². The molecule has 0 aromatic heterocycles. The van der Waals surface area contributed by atoms with Crippen molar-refractivity contribution in [1.29, 1.82) is 0 Å². The van der Waals surface area contributed by atoms with E-state index in [9.17, 15) is 0 Å². The van der Waals surface area contributed by atoms with Gasteiger partial charge in [0, 0.05) is 50.3 Å². The lowest BCUT2D eigenvalue weighted by Gasteiger charge is -2.51. The Labute approximate surface area is 194 Å². The van der Waals surface area contributed by atoms with Crippen molar-refractivity contribution in [3.63, 3.8) is 0 Å². The topological polar surface area (TPSA) is 37.4 Å². The van der Waals surface area contributed by atoms with Gasteiger partial charge in [0.2, 0.25) is 0 Å². The number of hydrogen-bond donors (Lipinski definition) is 1. The lowest BCUT2D eigenvalue weighted by Crippen LogP contribution is -2.57. The van der Waals surface area contributed by atoms with E-state index in [0.29, 0.717) is 47.9 Å². The van der Waals surface area contributed by atoms with Gasteiger partial charge in [-0.25, -0.2) is 0 Å². The Morgan fingerprint density at radius 2 is 1.55 bits per heavy atom. The highest BCUT2D eigenvalue weighted by molar-refractivity contribution is 8.14. The van der Waals surface area contributed by atoms with Crippen LogP contribution in [0.1, 0.15) is 61.8 Å². The maximum Gasteiger partial charge on any atom is 0.109 e. The van der Waals surface area contributed by atoms with Gasteiger partial charge in [-0.1, -0.05) is 0 Å². The quantitative estimate of drug-likeness (QED) is 0.614. The number of rotatable bonds is 6. The second kappa shape index (κ2) is 11.0. The van der Waals surface area contributed by atoms with Crippen molar-refractivity contribution in [3.05, 3.63) is 0 Å². The molecule has 0 aromatic carbocycles. The molecule has 31 heavy (non-hydrogen) atoms. The molecule has 7 heteroatoms. The highest BCUT2D eigenvalue weighted by atomic mass is 32.2. The van der Waals surface area contributed by atoms with E-state index < -0.39 is 0 Å². The van der Waals surface area contributed by atoms with Gasteiger partial charge in [0.15, 0.2) is 0 Å². The number of nitrogens with zero attached hydrogens (tertiary/aromatic N) is 3. The molecule has 0 saturated carbocycles. The molecule has 0 aromatic rings. The molecule has 3 aliphatic heterocycles. The third kappa shape index (κ3) is 5.97. The summed E-state index contributed by atoms with van der Waals surface area (Å²) in [6, 6.07) is 1.96. The number of hydrogen-bond acceptors (Lipinski definition) is 6. The van der Waals surface area contributed by atoms with Crippen LogP contribution in [-0.2, 0) is 14.2 Å². The van der Waals surface area contributed by atoms with E-state index in [2.05, 4.69) is 75.8 Å². The first-order valence-corrected chi connectivity index (χ1v) is 14.3. The zero-order valence-corrected chi connectivity index (χ0v) is 22.3. The smallest absolute Gasteiger partial charge is 0.109 e. The highest BCUT2D eigenvalue weighted by Crippen LogP contribution is 2.40. The van der Waals surface area contributed by atoms with Crippen molar-refractivity contribution in [3.8, 4) is 0 Å². The van der Waals surface area contributed by atoms with Gasteiger partial charge in [0.05, 0.1) is 31.0 Å². The second-order valence-corrected chi connectivity index (χ2v) is 12.6. The monoisotopic (exact) mass is 459 g/mol. The first-order chi connectivity index (χ1) is 14.6. The van der Waals surface area contributed by atoms with Crippen LogP contribution in [0.25, 0.3) is 0 Å². The maximum atomic E-state index is 6.56. The van der Waals surface area contributed by atoms with Gasteiger partial charge >= 0.3 is 0 Å². The SMILES string of the molecule is CC1OCCN([SH](C)C2CN(CCC3CN(C(C)C)[C@@H](C)[C@H](C)O3)[C@@H](C)[C@@H](C)O2)C1C. The molecular weight excluding hydrogens is 410 g/mol. The highest BCUT2D eigenvalue weighted by Gasteiger charge is 2.38. The Hall–Kier alpha value is 0.110. The average Bonchev–Trinajstić information content (AvgIpc) is 2.72. The van der Waals surface area contributed by atoms with E-state index >= 15 is 0 Å². The van der Waals surface area contributed by atoms with Crippen molar-refractivity contribution < 1.29 is 14.2 Å². The molecule has 0 N–H and O–H groups in total. The van der Waals surface area contributed by atoms with Crippen LogP contribution in [0.5, 0.6) is 0 Å². The van der Waals surface area contributed by atoms with Crippen LogP contribution in [0.2, 0.25) is 0 Å². The van der Waals surface area contributed by atoms with Gasteiger partial charge in [-0.2, -0.15) is 11.1 Å². The summed E-state index contributed by atoms with van der Waals surface area (Å²) in [6.45, 7) is 23.2. The van der Waals surface area contributed by atoms with Crippen LogP contribution in [0.4, 0.5) is 0 Å². The van der Waals surface area contributed by atoms with Crippen LogP contribution in [0, 0.1) is 0 Å². The average molecular weight is 460 g/mol. The molecular formula is C24H49N3O3S. The summed E-state index contributed by atoms with van der Waals surface area (Å²) >= 11 is -0.359. The van der Waals surface area contributed by atoms with E-state index in [-0.39, 0.29) is 17.2 Å². The molecule has 0 bridgehead atoms. The Morgan fingerprint density at radius 1 is 0.871 bits per heavy atom. The Balaban J connectivity index is 1.59. The van der Waals surface area contributed by atoms with E-state index in [1.165, 1.54) is 0 Å². The molecule has 184 valence electrons. The molecule has 0 amide bonds. The first-order valence-electron chi connectivity index (χ1n) is 12.5. The predicted octanol–water partition coefficient (Wildman–Crippen LogP) is 3.35. The van der Waals surface area contributed by atoms with Crippen molar-refractivity contribution in [2.24, 2.45) is 0 Å². The zero-order chi connectivity index (χ0) is 22.9. The van der Waals surface area contributed by atoms with Crippen LogP contribution in [-0.4, -0.2) is 107 Å². The summed E-state index contributed by atoms with van der Waals surface area (Å²) in [5.41, 5.74) is 0.298. The molecule has 3 fully saturated rings. The fourth-order valence-corrected chi connectivity index (χ4v) is 7.68. The third-order valence-electron chi connectivity index (χ3n) is 8.12. The molecule has 9 atom stereocenters. The van der Waals surface area contributed by atoms with Crippen LogP contribution < -0.4 is 0 Å². The Bertz CT molecular complexity index is 568. The van der Waals surface area contributed by atoms with Crippen LogP contribution >= 0.6 is 11.1 Å². The lowest BCUT2D eigenvalue weighted by atomic mass is 10.0. The number of thiol groups is 1. The Kier molecular flexibility index (Phi) is 9.15. The molecule has 3 heterocycles. The molecule has 0 radical (unpaired) electrons. The normalized spacial score (nSPS) is 43.4. The molecule has 5 unspecified atom stereocenters. The summed E-state index contributed by atoms with van der Waals surface area (Å²) < 4.78 is 21.5. The van der Waals surface area contributed by atoms with Crippen molar-refractivity contribution >= 4 is 11.1 Å². The van der Waals surface area contributed by atoms with E-state index in [1.54, 1.807) is 0 Å². The standard InChI is InChI=1S/C24H49N3O3S/c1-16(2)26-14-23(29-22(8)18(26)4)10-11-25-15-24(30-21(7)17(25)3)31(9)27-12-13-28-20(6)19(27)5/h16-24,31H,10-15H2,1-9H3/t17-,18-,19?,20?,21+,22-,23?,24?/m0/s1. The minimum Gasteiger partial charge on any atom is -0.375 e. The van der Waals surface area contributed by atoms with Gasteiger partial charge in [-0.05, 0) is 68.1 Å².